The SMILES string of the molecule is Cc1ccccc1-c1c[c]cc2ccccc12. The quantitative estimate of drug-likeness (QED) is 0.558. The van der Waals surface area contributed by atoms with E-state index in [1.165, 1.54) is 27.5 Å². The van der Waals surface area contributed by atoms with Gasteiger partial charge in [0.15, 0.2) is 0 Å². The van der Waals surface area contributed by atoms with E-state index in [0.717, 1.165) is 0 Å². The van der Waals surface area contributed by atoms with Gasteiger partial charge in [0.25, 0.3) is 0 Å². The molecule has 0 aromatic heterocycles. The van der Waals surface area contributed by atoms with Crippen molar-refractivity contribution in [2.75, 3.05) is 0 Å². The van der Waals surface area contributed by atoms with Crippen molar-refractivity contribution in [3.05, 3.63) is 72.3 Å². The van der Waals surface area contributed by atoms with Gasteiger partial charge in [-0.15, -0.1) is 0 Å². The van der Waals surface area contributed by atoms with Gasteiger partial charge in [-0.05, 0) is 52.6 Å². The predicted molar refractivity (Wildman–Crippen MR) is 73.0 cm³/mol. The van der Waals surface area contributed by atoms with Crippen molar-refractivity contribution in [2.45, 2.75) is 6.92 Å². The molecule has 1 radical (unpaired) electrons. The van der Waals surface area contributed by atoms with Crippen LogP contribution in [0.5, 0.6) is 0 Å². The lowest BCUT2D eigenvalue weighted by Gasteiger charge is -2.09. The Kier molecular flexibility index (Phi) is 2.41. The second-order valence-corrected chi connectivity index (χ2v) is 4.27. The number of hydrogen-bond acceptors (Lipinski definition) is 0. The summed E-state index contributed by atoms with van der Waals surface area (Å²) < 4.78 is 0. The molecule has 3 aromatic rings. The summed E-state index contributed by atoms with van der Waals surface area (Å²) in [4.78, 5) is 0. The fraction of sp³-hybridized carbons (Fsp3) is 0.0588. The Hall–Kier alpha value is -2.08. The van der Waals surface area contributed by atoms with Gasteiger partial charge in [0.05, 0.1) is 0 Å². The van der Waals surface area contributed by atoms with Crippen LogP contribution < -0.4 is 0 Å². The van der Waals surface area contributed by atoms with Crippen LogP contribution in [0.4, 0.5) is 0 Å². The van der Waals surface area contributed by atoms with Gasteiger partial charge in [0.2, 0.25) is 0 Å². The van der Waals surface area contributed by atoms with E-state index < -0.39 is 0 Å². The first-order chi connectivity index (χ1) is 8.36. The molecule has 0 spiro atoms. The van der Waals surface area contributed by atoms with Crippen LogP contribution in [-0.2, 0) is 0 Å². The lowest BCUT2D eigenvalue weighted by Crippen LogP contribution is -1.84. The van der Waals surface area contributed by atoms with E-state index in [0.29, 0.717) is 0 Å². The molecule has 0 atom stereocenters. The van der Waals surface area contributed by atoms with Crippen molar-refractivity contribution in [3.8, 4) is 11.1 Å². The van der Waals surface area contributed by atoms with Gasteiger partial charge in [0.1, 0.15) is 0 Å². The number of rotatable bonds is 1. The molecule has 0 saturated carbocycles. The number of aryl methyl sites for hydroxylation is 1. The van der Waals surface area contributed by atoms with Crippen LogP contribution in [0.15, 0.2) is 60.7 Å². The average Bonchev–Trinajstić information content (AvgIpc) is 2.39. The summed E-state index contributed by atoms with van der Waals surface area (Å²) in [6, 6.07) is 24.3. The lowest BCUT2D eigenvalue weighted by molar-refractivity contribution is 1.47. The lowest BCUT2D eigenvalue weighted by atomic mass is 9.95. The molecule has 0 N–H and O–H groups in total. The van der Waals surface area contributed by atoms with Gasteiger partial charge in [-0.2, -0.15) is 0 Å². The first-order valence-corrected chi connectivity index (χ1v) is 5.81. The van der Waals surface area contributed by atoms with Crippen LogP contribution in [0.1, 0.15) is 5.56 Å². The summed E-state index contributed by atoms with van der Waals surface area (Å²) >= 11 is 0. The molecule has 0 aliphatic carbocycles. The summed E-state index contributed by atoms with van der Waals surface area (Å²) in [5, 5.41) is 2.54. The van der Waals surface area contributed by atoms with Gasteiger partial charge >= 0.3 is 0 Å². The van der Waals surface area contributed by atoms with Crippen LogP contribution >= 0.6 is 0 Å². The maximum absolute atomic E-state index is 3.23. The molecule has 0 fully saturated rings. The van der Waals surface area contributed by atoms with E-state index in [1.54, 1.807) is 0 Å². The smallest absolute Gasteiger partial charge is 0.00966 e. The fourth-order valence-electron chi connectivity index (χ4n) is 2.26. The average molecular weight is 217 g/mol. The topological polar surface area (TPSA) is 0 Å². The predicted octanol–water partition coefficient (Wildman–Crippen LogP) is 4.62. The first kappa shape index (κ1) is 10.1. The van der Waals surface area contributed by atoms with E-state index in [4.69, 9.17) is 0 Å². The van der Waals surface area contributed by atoms with Crippen molar-refractivity contribution in [2.24, 2.45) is 0 Å². The fourth-order valence-corrected chi connectivity index (χ4v) is 2.26. The summed E-state index contributed by atoms with van der Waals surface area (Å²) in [7, 11) is 0. The van der Waals surface area contributed by atoms with Gasteiger partial charge in [-0.1, -0.05) is 48.5 Å². The molecular formula is C17H13. The Bertz CT molecular complexity index is 660. The molecule has 0 aliphatic heterocycles. The van der Waals surface area contributed by atoms with Gasteiger partial charge < -0.3 is 0 Å². The molecule has 0 unspecified atom stereocenters. The molecule has 0 heterocycles. The standard InChI is InChI=1S/C17H13/c1-13-7-2-4-10-15(13)17-12-6-9-14-8-3-5-11-16(14)17/h2-5,7-12H,1H3. The number of fused-ring (bicyclic) bond motifs is 1. The Morgan fingerprint density at radius 2 is 1.53 bits per heavy atom. The molecule has 0 bridgehead atoms. The third-order valence-corrected chi connectivity index (χ3v) is 3.15. The van der Waals surface area contributed by atoms with Gasteiger partial charge in [-0.3, -0.25) is 0 Å². The highest BCUT2D eigenvalue weighted by atomic mass is 14.1. The van der Waals surface area contributed by atoms with E-state index in [1.807, 2.05) is 6.07 Å². The molecule has 3 aromatic carbocycles. The largest absolute Gasteiger partial charge is 0.0620 e. The molecule has 3 rings (SSSR count). The van der Waals surface area contributed by atoms with Crippen molar-refractivity contribution in [3.63, 3.8) is 0 Å². The zero-order valence-corrected chi connectivity index (χ0v) is 9.77. The van der Waals surface area contributed by atoms with E-state index >= 15 is 0 Å². The Morgan fingerprint density at radius 3 is 2.41 bits per heavy atom. The maximum Gasteiger partial charge on any atom is -0.00966 e. The molecule has 17 heavy (non-hydrogen) atoms. The third kappa shape index (κ3) is 1.72. The molecule has 0 amide bonds. The molecule has 0 heteroatoms. The van der Waals surface area contributed by atoms with Crippen LogP contribution in [0.3, 0.4) is 0 Å². The number of benzene rings is 3. The first-order valence-electron chi connectivity index (χ1n) is 5.81. The Balaban J connectivity index is 2.35. The zero-order valence-electron chi connectivity index (χ0n) is 9.77. The van der Waals surface area contributed by atoms with Crippen molar-refractivity contribution >= 4 is 10.8 Å². The Morgan fingerprint density at radius 1 is 0.765 bits per heavy atom. The summed E-state index contributed by atoms with van der Waals surface area (Å²) in [6.07, 6.45) is 0. The Labute approximate surface area is 102 Å². The molecule has 0 saturated heterocycles. The highest BCUT2D eigenvalue weighted by molar-refractivity contribution is 5.97. The summed E-state index contributed by atoms with van der Waals surface area (Å²) in [6.45, 7) is 2.15. The summed E-state index contributed by atoms with van der Waals surface area (Å²) in [5.74, 6) is 0. The second kappa shape index (κ2) is 4.06. The van der Waals surface area contributed by atoms with Gasteiger partial charge in [-0.25, -0.2) is 0 Å². The minimum Gasteiger partial charge on any atom is -0.0620 e. The minimum absolute atomic E-state index is 1.24. The van der Waals surface area contributed by atoms with Crippen LogP contribution in [-0.4, -0.2) is 0 Å². The normalized spacial score (nSPS) is 10.6. The van der Waals surface area contributed by atoms with Crippen LogP contribution in [0.2, 0.25) is 0 Å². The molecule has 0 aliphatic rings. The van der Waals surface area contributed by atoms with Crippen molar-refractivity contribution in [1.29, 1.82) is 0 Å². The monoisotopic (exact) mass is 217 g/mol. The number of hydrogen-bond donors (Lipinski definition) is 0. The van der Waals surface area contributed by atoms with Crippen molar-refractivity contribution in [1.82, 2.24) is 0 Å². The maximum atomic E-state index is 3.23. The van der Waals surface area contributed by atoms with E-state index in [9.17, 15) is 0 Å². The second-order valence-electron chi connectivity index (χ2n) is 4.27. The van der Waals surface area contributed by atoms with Crippen molar-refractivity contribution < 1.29 is 0 Å². The van der Waals surface area contributed by atoms with E-state index in [2.05, 4.69) is 67.6 Å². The molecule has 0 nitrogen and oxygen atoms in total. The summed E-state index contributed by atoms with van der Waals surface area (Å²) in [5.41, 5.74) is 3.86. The molecule has 81 valence electrons. The minimum atomic E-state index is 1.24. The van der Waals surface area contributed by atoms with Gasteiger partial charge in [0, 0.05) is 0 Å². The van der Waals surface area contributed by atoms with E-state index in [-0.39, 0.29) is 0 Å². The highest BCUT2D eigenvalue weighted by Crippen LogP contribution is 2.30. The van der Waals surface area contributed by atoms with Crippen LogP contribution in [0, 0.1) is 13.0 Å². The third-order valence-electron chi connectivity index (χ3n) is 3.15. The van der Waals surface area contributed by atoms with Crippen LogP contribution in [0.25, 0.3) is 21.9 Å². The zero-order chi connectivity index (χ0) is 11.7. The highest BCUT2D eigenvalue weighted by Gasteiger charge is 2.04. The molecular weight excluding hydrogens is 204 g/mol.